The first kappa shape index (κ1) is 13.9. The Morgan fingerprint density at radius 1 is 1.43 bits per heavy atom. The first-order chi connectivity index (χ1) is 10.1. The summed E-state index contributed by atoms with van der Waals surface area (Å²) in [7, 11) is 0. The minimum atomic E-state index is -0.638. The zero-order valence-electron chi connectivity index (χ0n) is 11.4. The maximum absolute atomic E-state index is 13.4. The van der Waals surface area contributed by atoms with Crippen LogP contribution in [-0.2, 0) is 0 Å². The summed E-state index contributed by atoms with van der Waals surface area (Å²) in [6, 6.07) is 3.07. The van der Waals surface area contributed by atoms with Gasteiger partial charge in [-0.3, -0.25) is 14.9 Å². The monoisotopic (exact) mass is 293 g/mol. The van der Waals surface area contributed by atoms with Gasteiger partial charge in [0.15, 0.2) is 0 Å². The van der Waals surface area contributed by atoms with Crippen LogP contribution in [0.25, 0.3) is 0 Å². The third kappa shape index (κ3) is 2.49. The van der Waals surface area contributed by atoms with E-state index >= 15 is 0 Å². The summed E-state index contributed by atoms with van der Waals surface area (Å²) in [5.41, 5.74) is -0.498. The van der Waals surface area contributed by atoms with Gasteiger partial charge in [0.2, 0.25) is 0 Å². The molecule has 6 nitrogen and oxygen atoms in total. The van der Waals surface area contributed by atoms with Gasteiger partial charge in [-0.05, 0) is 30.9 Å². The van der Waals surface area contributed by atoms with Gasteiger partial charge < -0.3 is 10.2 Å². The van der Waals surface area contributed by atoms with Gasteiger partial charge in [-0.25, -0.2) is 4.39 Å². The fourth-order valence-electron chi connectivity index (χ4n) is 3.31. The Bertz CT molecular complexity index is 593. The van der Waals surface area contributed by atoms with Crippen molar-refractivity contribution >= 4 is 11.6 Å². The zero-order chi connectivity index (χ0) is 15.0. The van der Waals surface area contributed by atoms with E-state index in [0.717, 1.165) is 37.6 Å². The van der Waals surface area contributed by atoms with Crippen molar-refractivity contribution in [3.8, 4) is 0 Å². The third-order valence-electron chi connectivity index (χ3n) is 4.32. The van der Waals surface area contributed by atoms with E-state index in [1.807, 2.05) is 0 Å². The number of nitrogens with zero attached hydrogens (tertiary/aromatic N) is 2. The molecular weight excluding hydrogens is 277 g/mol. The van der Waals surface area contributed by atoms with E-state index in [-0.39, 0.29) is 17.3 Å². The van der Waals surface area contributed by atoms with E-state index in [1.54, 1.807) is 4.90 Å². The van der Waals surface area contributed by atoms with Gasteiger partial charge in [0.25, 0.3) is 11.6 Å². The van der Waals surface area contributed by atoms with Gasteiger partial charge >= 0.3 is 0 Å². The van der Waals surface area contributed by atoms with Crippen LogP contribution in [-0.4, -0.2) is 41.4 Å². The maximum Gasteiger partial charge on any atom is 0.282 e. The molecule has 21 heavy (non-hydrogen) atoms. The summed E-state index contributed by atoms with van der Waals surface area (Å²) in [6.07, 6.45) is 1.92. The number of benzene rings is 1. The van der Waals surface area contributed by atoms with Crippen LogP contribution >= 0.6 is 0 Å². The molecule has 2 unspecified atom stereocenters. The molecule has 0 spiro atoms. The van der Waals surface area contributed by atoms with E-state index in [2.05, 4.69) is 5.32 Å². The Balaban J connectivity index is 1.94. The second kappa shape index (κ2) is 5.40. The van der Waals surface area contributed by atoms with E-state index in [4.69, 9.17) is 0 Å². The fraction of sp³-hybridized carbons (Fsp3) is 0.500. The number of nitrogens with one attached hydrogen (secondary N) is 1. The molecule has 2 atom stereocenters. The SMILES string of the molecule is O=C(c1cc(F)ccc1[N+](=O)[O-])N1CCCC2CNCC21. The van der Waals surface area contributed by atoms with Crippen molar-refractivity contribution in [3.63, 3.8) is 0 Å². The Hall–Kier alpha value is -2.02. The number of likely N-dealkylation sites (tertiary alicyclic amines) is 1. The number of nitro groups is 1. The van der Waals surface area contributed by atoms with Gasteiger partial charge in [0.05, 0.1) is 4.92 Å². The number of fused-ring (bicyclic) bond motifs is 1. The molecule has 0 aromatic heterocycles. The lowest BCUT2D eigenvalue weighted by Crippen LogP contribution is -2.48. The highest BCUT2D eigenvalue weighted by atomic mass is 19.1. The van der Waals surface area contributed by atoms with Crippen molar-refractivity contribution in [1.29, 1.82) is 0 Å². The molecule has 1 aromatic rings. The molecule has 2 aliphatic heterocycles. The lowest BCUT2D eigenvalue weighted by molar-refractivity contribution is -0.385. The Kier molecular flexibility index (Phi) is 3.59. The van der Waals surface area contributed by atoms with Gasteiger partial charge in [-0.2, -0.15) is 0 Å². The lowest BCUT2D eigenvalue weighted by Gasteiger charge is -2.37. The molecule has 0 aliphatic carbocycles. The van der Waals surface area contributed by atoms with Crippen LogP contribution in [0.3, 0.4) is 0 Å². The highest BCUT2D eigenvalue weighted by Gasteiger charge is 2.39. The number of hydrogen-bond acceptors (Lipinski definition) is 4. The van der Waals surface area contributed by atoms with Gasteiger partial charge in [0, 0.05) is 31.7 Å². The van der Waals surface area contributed by atoms with E-state index < -0.39 is 16.6 Å². The van der Waals surface area contributed by atoms with Crippen LogP contribution < -0.4 is 5.32 Å². The third-order valence-corrected chi connectivity index (χ3v) is 4.32. The van der Waals surface area contributed by atoms with Crippen LogP contribution in [0.2, 0.25) is 0 Å². The average Bonchev–Trinajstić information content (AvgIpc) is 2.94. The Labute approximate surface area is 121 Å². The zero-order valence-corrected chi connectivity index (χ0v) is 11.4. The fourth-order valence-corrected chi connectivity index (χ4v) is 3.31. The van der Waals surface area contributed by atoms with Crippen LogP contribution in [0.5, 0.6) is 0 Å². The second-order valence-corrected chi connectivity index (χ2v) is 5.55. The average molecular weight is 293 g/mol. The molecule has 0 radical (unpaired) electrons. The van der Waals surface area contributed by atoms with Crippen LogP contribution in [0.4, 0.5) is 10.1 Å². The summed E-state index contributed by atoms with van der Waals surface area (Å²) < 4.78 is 13.4. The van der Waals surface area contributed by atoms with Gasteiger partial charge in [0.1, 0.15) is 11.4 Å². The standard InChI is InChI=1S/C14H16FN3O3/c15-10-3-4-12(18(20)21)11(6-10)14(19)17-5-1-2-9-7-16-8-13(9)17/h3-4,6,9,13,16H,1-2,5,7-8H2. The molecule has 1 N–H and O–H groups in total. The van der Waals surface area contributed by atoms with Crippen molar-refractivity contribution in [2.75, 3.05) is 19.6 Å². The molecule has 2 fully saturated rings. The van der Waals surface area contributed by atoms with Crippen molar-refractivity contribution in [2.24, 2.45) is 5.92 Å². The quantitative estimate of drug-likeness (QED) is 0.663. The molecular formula is C14H16FN3O3. The van der Waals surface area contributed by atoms with E-state index in [0.29, 0.717) is 19.0 Å². The summed E-state index contributed by atoms with van der Waals surface area (Å²) in [4.78, 5) is 24.7. The van der Waals surface area contributed by atoms with Crippen LogP contribution in [0, 0.1) is 21.8 Å². The minimum Gasteiger partial charge on any atom is -0.334 e. The molecule has 2 heterocycles. The molecule has 2 aliphatic rings. The number of piperidine rings is 1. The summed E-state index contributed by atoms with van der Waals surface area (Å²) in [6.45, 7) is 2.12. The molecule has 0 saturated carbocycles. The number of carbonyl (C=O) groups is 1. The Morgan fingerprint density at radius 2 is 2.24 bits per heavy atom. The van der Waals surface area contributed by atoms with Crippen LogP contribution in [0.1, 0.15) is 23.2 Å². The summed E-state index contributed by atoms with van der Waals surface area (Å²) in [5, 5.41) is 14.3. The molecule has 2 saturated heterocycles. The van der Waals surface area contributed by atoms with Crippen molar-refractivity contribution in [1.82, 2.24) is 10.2 Å². The number of carbonyl (C=O) groups excluding carboxylic acids is 1. The number of rotatable bonds is 2. The number of amides is 1. The molecule has 0 bridgehead atoms. The lowest BCUT2D eigenvalue weighted by atomic mass is 9.91. The van der Waals surface area contributed by atoms with Gasteiger partial charge in [-0.1, -0.05) is 0 Å². The minimum absolute atomic E-state index is 0.0501. The van der Waals surface area contributed by atoms with Crippen molar-refractivity contribution in [3.05, 3.63) is 39.7 Å². The van der Waals surface area contributed by atoms with Crippen molar-refractivity contribution in [2.45, 2.75) is 18.9 Å². The first-order valence-electron chi connectivity index (χ1n) is 7.03. The second-order valence-electron chi connectivity index (χ2n) is 5.55. The van der Waals surface area contributed by atoms with Crippen molar-refractivity contribution < 1.29 is 14.1 Å². The number of halogens is 1. The molecule has 1 aromatic carbocycles. The summed E-state index contributed by atoms with van der Waals surface area (Å²) in [5.74, 6) is -0.697. The maximum atomic E-state index is 13.4. The molecule has 112 valence electrons. The van der Waals surface area contributed by atoms with E-state index in [9.17, 15) is 19.3 Å². The molecule has 7 heteroatoms. The number of hydrogen-bond donors (Lipinski definition) is 1. The molecule has 3 rings (SSSR count). The number of nitro benzene ring substituents is 1. The molecule has 1 amide bonds. The highest BCUT2D eigenvalue weighted by Crippen LogP contribution is 2.30. The van der Waals surface area contributed by atoms with E-state index in [1.165, 1.54) is 0 Å². The Morgan fingerprint density at radius 3 is 3.00 bits per heavy atom. The van der Waals surface area contributed by atoms with Gasteiger partial charge in [-0.15, -0.1) is 0 Å². The normalized spacial score (nSPS) is 24.7. The summed E-state index contributed by atoms with van der Waals surface area (Å²) >= 11 is 0. The largest absolute Gasteiger partial charge is 0.334 e. The predicted octanol–water partition coefficient (Wildman–Crippen LogP) is 1.56. The topological polar surface area (TPSA) is 75.5 Å². The predicted molar refractivity (Wildman–Crippen MR) is 73.5 cm³/mol. The highest BCUT2D eigenvalue weighted by molar-refractivity contribution is 5.98. The smallest absolute Gasteiger partial charge is 0.282 e. The van der Waals surface area contributed by atoms with Crippen LogP contribution in [0.15, 0.2) is 18.2 Å². The first-order valence-corrected chi connectivity index (χ1v) is 7.03.